The van der Waals surface area contributed by atoms with Crippen LogP contribution in [0.5, 0.6) is 5.75 Å². The van der Waals surface area contributed by atoms with Crippen LogP contribution in [0.2, 0.25) is 0 Å². The van der Waals surface area contributed by atoms with E-state index in [1.807, 2.05) is 31.3 Å². The predicted octanol–water partition coefficient (Wildman–Crippen LogP) is 3.05. The molecule has 3 fully saturated rings. The highest BCUT2D eigenvalue weighted by atomic mass is 16.5. The molecule has 1 saturated carbocycles. The minimum absolute atomic E-state index is 0.0438. The van der Waals surface area contributed by atoms with Gasteiger partial charge in [0.05, 0.1) is 6.10 Å². The van der Waals surface area contributed by atoms with E-state index in [-0.39, 0.29) is 18.1 Å². The zero-order valence-electron chi connectivity index (χ0n) is 19.1. The van der Waals surface area contributed by atoms with Crippen molar-refractivity contribution in [2.24, 2.45) is 5.92 Å². The summed E-state index contributed by atoms with van der Waals surface area (Å²) in [4.78, 5) is 33.1. The maximum absolute atomic E-state index is 12.9. The third-order valence-electron chi connectivity index (χ3n) is 7.05. The summed E-state index contributed by atoms with van der Waals surface area (Å²) in [5.74, 6) is 1.32. The van der Waals surface area contributed by atoms with Crippen LogP contribution in [-0.2, 0) is 4.79 Å². The van der Waals surface area contributed by atoms with Gasteiger partial charge in [0.1, 0.15) is 5.75 Å². The molecular weight excluding hydrogens is 392 g/mol. The lowest BCUT2D eigenvalue weighted by molar-refractivity contribution is -0.139. The van der Waals surface area contributed by atoms with E-state index in [4.69, 9.17) is 4.74 Å². The van der Waals surface area contributed by atoms with Gasteiger partial charge in [-0.1, -0.05) is 0 Å². The fraction of sp³-hybridized carbons (Fsp3) is 0.667. The molecule has 2 saturated heterocycles. The number of likely N-dealkylation sites (N-methyl/N-ethyl adjacent to an activating group) is 1. The Morgan fingerprint density at radius 2 is 1.58 bits per heavy atom. The van der Waals surface area contributed by atoms with Crippen LogP contribution in [0.4, 0.5) is 10.5 Å². The van der Waals surface area contributed by atoms with Crippen molar-refractivity contribution < 1.29 is 14.3 Å². The molecule has 2 aliphatic heterocycles. The third kappa shape index (κ3) is 4.97. The van der Waals surface area contributed by atoms with Crippen LogP contribution in [0.25, 0.3) is 0 Å². The average Bonchev–Trinajstić information content (AvgIpc) is 3.13. The number of urea groups is 1. The summed E-state index contributed by atoms with van der Waals surface area (Å²) in [5.41, 5.74) is 0.911. The van der Waals surface area contributed by atoms with E-state index in [0.717, 1.165) is 76.4 Å². The Hall–Kier alpha value is -2.28. The Bertz CT molecular complexity index is 766. The lowest BCUT2D eigenvalue weighted by Gasteiger charge is -2.39. The van der Waals surface area contributed by atoms with Gasteiger partial charge in [-0.25, -0.2) is 4.79 Å². The van der Waals surface area contributed by atoms with Gasteiger partial charge < -0.3 is 14.5 Å². The molecular formula is C24H36N4O3. The molecule has 4 rings (SSSR count). The fourth-order valence-electron chi connectivity index (χ4n) is 4.93. The Morgan fingerprint density at radius 3 is 2.13 bits per heavy atom. The smallest absolute Gasteiger partial charge is 0.324 e. The molecule has 170 valence electrons. The van der Waals surface area contributed by atoms with Crippen LogP contribution in [0.3, 0.4) is 0 Å². The number of hydrogen-bond donors (Lipinski definition) is 0. The maximum Gasteiger partial charge on any atom is 0.324 e. The summed E-state index contributed by atoms with van der Waals surface area (Å²) in [7, 11) is 1.83. The summed E-state index contributed by atoms with van der Waals surface area (Å²) in [6.07, 6.45) is 3.80. The molecule has 7 heteroatoms. The molecule has 31 heavy (non-hydrogen) atoms. The second kappa shape index (κ2) is 9.47. The van der Waals surface area contributed by atoms with E-state index < -0.39 is 0 Å². The Kier molecular flexibility index (Phi) is 6.70. The monoisotopic (exact) mass is 428 g/mol. The highest BCUT2D eigenvalue weighted by Crippen LogP contribution is 2.30. The summed E-state index contributed by atoms with van der Waals surface area (Å²) >= 11 is 0. The Morgan fingerprint density at radius 1 is 0.935 bits per heavy atom. The van der Waals surface area contributed by atoms with Crippen molar-refractivity contribution in [2.75, 3.05) is 51.2 Å². The summed E-state index contributed by atoms with van der Waals surface area (Å²) < 4.78 is 6.19. The lowest BCUT2D eigenvalue weighted by atomic mass is 9.86. The highest BCUT2D eigenvalue weighted by Gasteiger charge is 2.32. The van der Waals surface area contributed by atoms with Gasteiger partial charge in [-0.05, 0) is 63.8 Å². The van der Waals surface area contributed by atoms with E-state index in [9.17, 15) is 9.59 Å². The molecule has 2 heterocycles. The van der Waals surface area contributed by atoms with Gasteiger partial charge in [0.15, 0.2) is 0 Å². The maximum atomic E-state index is 12.9. The number of amides is 3. The van der Waals surface area contributed by atoms with Crippen molar-refractivity contribution in [3.8, 4) is 5.75 Å². The van der Waals surface area contributed by atoms with Crippen LogP contribution in [0, 0.1) is 5.92 Å². The number of piperazine rings is 1. The first-order valence-corrected chi connectivity index (χ1v) is 11.7. The topological polar surface area (TPSA) is 56.3 Å². The highest BCUT2D eigenvalue weighted by molar-refractivity contribution is 5.93. The zero-order chi connectivity index (χ0) is 22.0. The van der Waals surface area contributed by atoms with Crippen molar-refractivity contribution in [1.82, 2.24) is 14.7 Å². The van der Waals surface area contributed by atoms with E-state index in [1.165, 1.54) is 0 Å². The number of rotatable bonds is 5. The summed E-state index contributed by atoms with van der Waals surface area (Å²) in [6.45, 7) is 9.60. The number of benzene rings is 1. The van der Waals surface area contributed by atoms with Crippen LogP contribution in [0.15, 0.2) is 24.3 Å². The third-order valence-corrected chi connectivity index (χ3v) is 7.05. The van der Waals surface area contributed by atoms with Crippen LogP contribution in [0.1, 0.15) is 39.5 Å². The van der Waals surface area contributed by atoms with E-state index in [1.54, 1.807) is 9.80 Å². The first-order chi connectivity index (χ1) is 14.9. The number of anilines is 1. The number of ether oxygens (including phenoxy) is 1. The van der Waals surface area contributed by atoms with Crippen LogP contribution < -0.4 is 9.64 Å². The molecule has 1 aromatic carbocycles. The first kappa shape index (κ1) is 21.9. The van der Waals surface area contributed by atoms with Gasteiger partial charge >= 0.3 is 6.03 Å². The van der Waals surface area contributed by atoms with E-state index in [0.29, 0.717) is 11.9 Å². The Labute approximate surface area is 185 Å². The van der Waals surface area contributed by atoms with Gasteiger partial charge in [-0.15, -0.1) is 0 Å². The summed E-state index contributed by atoms with van der Waals surface area (Å²) in [5, 5.41) is 0. The largest absolute Gasteiger partial charge is 0.490 e. The van der Waals surface area contributed by atoms with Crippen molar-refractivity contribution >= 4 is 17.6 Å². The molecule has 0 spiro atoms. The van der Waals surface area contributed by atoms with Gasteiger partial charge in [-0.2, -0.15) is 0 Å². The second-order valence-electron chi connectivity index (χ2n) is 9.40. The van der Waals surface area contributed by atoms with Crippen molar-refractivity contribution in [2.45, 2.75) is 51.7 Å². The van der Waals surface area contributed by atoms with Crippen molar-refractivity contribution in [3.63, 3.8) is 0 Å². The first-order valence-electron chi connectivity index (χ1n) is 11.7. The molecule has 0 aromatic heterocycles. The molecule has 0 radical (unpaired) electrons. The normalized spacial score (nSPS) is 25.4. The van der Waals surface area contributed by atoms with Gasteiger partial charge in [-0.3, -0.25) is 14.6 Å². The lowest BCUT2D eigenvalue weighted by Crippen LogP contribution is -2.52. The van der Waals surface area contributed by atoms with Crippen LogP contribution in [-0.4, -0.2) is 85.1 Å². The van der Waals surface area contributed by atoms with Gasteiger partial charge in [0.2, 0.25) is 5.91 Å². The SMILES string of the molecule is CC(C)N1CCN(C(=O)[C@H]2CC[C@H](Oc3ccc(N4CCN(C)C4=O)cc3)CC2)CC1. The number of carbonyl (C=O) groups excluding carboxylic acids is 2. The molecule has 3 amide bonds. The zero-order valence-corrected chi connectivity index (χ0v) is 19.1. The molecule has 3 aliphatic rings. The second-order valence-corrected chi connectivity index (χ2v) is 9.40. The fourth-order valence-corrected chi connectivity index (χ4v) is 4.93. The Balaban J connectivity index is 1.23. The minimum atomic E-state index is 0.0438. The molecule has 0 bridgehead atoms. The molecule has 0 atom stereocenters. The van der Waals surface area contributed by atoms with Gasteiger partial charge in [0, 0.05) is 64.0 Å². The van der Waals surface area contributed by atoms with E-state index in [2.05, 4.69) is 23.6 Å². The predicted molar refractivity (Wildman–Crippen MR) is 121 cm³/mol. The minimum Gasteiger partial charge on any atom is -0.490 e. The molecule has 7 nitrogen and oxygen atoms in total. The standard InChI is InChI=1S/C24H36N4O3/c1-18(2)26-13-15-27(16-14-26)23(29)19-4-8-21(9-5-19)31-22-10-6-20(7-11-22)28-17-12-25(3)24(28)30/h6-7,10-11,18-19,21H,4-5,8-9,12-17H2,1-3H3/t19-,21-. The molecule has 1 aliphatic carbocycles. The van der Waals surface area contributed by atoms with Crippen molar-refractivity contribution in [3.05, 3.63) is 24.3 Å². The quantitative estimate of drug-likeness (QED) is 0.723. The van der Waals surface area contributed by atoms with E-state index >= 15 is 0 Å². The molecule has 0 unspecified atom stereocenters. The average molecular weight is 429 g/mol. The van der Waals surface area contributed by atoms with Gasteiger partial charge in [0.25, 0.3) is 0 Å². The van der Waals surface area contributed by atoms with Crippen molar-refractivity contribution in [1.29, 1.82) is 0 Å². The number of nitrogens with zero attached hydrogens (tertiary/aromatic N) is 4. The summed E-state index contributed by atoms with van der Waals surface area (Å²) in [6, 6.07) is 8.41. The number of carbonyl (C=O) groups is 2. The number of hydrogen-bond acceptors (Lipinski definition) is 4. The molecule has 1 aromatic rings. The van der Waals surface area contributed by atoms with Crippen LogP contribution >= 0.6 is 0 Å². The molecule has 0 N–H and O–H groups in total.